The van der Waals surface area contributed by atoms with Crippen molar-refractivity contribution in [2.75, 3.05) is 13.1 Å². The number of likely N-dealkylation sites (tertiary alicyclic amines) is 1. The summed E-state index contributed by atoms with van der Waals surface area (Å²) in [6, 6.07) is 7.72. The number of rotatable bonds is 4. The number of hydrogen-bond donors (Lipinski definition) is 1. The van der Waals surface area contributed by atoms with Crippen molar-refractivity contribution in [3.63, 3.8) is 0 Å². The van der Waals surface area contributed by atoms with Crippen LogP contribution in [0.25, 0.3) is 5.65 Å². The molecule has 106 valence electrons. The maximum absolute atomic E-state index is 4.64. The highest BCUT2D eigenvalue weighted by atomic mass is 15.2. The second-order valence-electron chi connectivity index (χ2n) is 6.12. The summed E-state index contributed by atoms with van der Waals surface area (Å²) < 4.78 is 2.09. The van der Waals surface area contributed by atoms with Crippen LogP contribution in [0.5, 0.6) is 0 Å². The van der Waals surface area contributed by atoms with Crippen LogP contribution in [-0.2, 0) is 6.54 Å². The molecule has 0 spiro atoms. The van der Waals surface area contributed by atoms with E-state index in [-0.39, 0.29) is 0 Å². The summed E-state index contributed by atoms with van der Waals surface area (Å²) >= 11 is 0. The van der Waals surface area contributed by atoms with Gasteiger partial charge in [0.1, 0.15) is 5.65 Å². The van der Waals surface area contributed by atoms with Gasteiger partial charge in [0.25, 0.3) is 0 Å². The molecule has 1 aliphatic heterocycles. The van der Waals surface area contributed by atoms with Crippen LogP contribution in [0.2, 0.25) is 0 Å². The molecule has 1 aliphatic carbocycles. The van der Waals surface area contributed by atoms with Crippen molar-refractivity contribution in [3.05, 3.63) is 36.3 Å². The first-order chi connectivity index (χ1) is 9.88. The zero-order valence-electron chi connectivity index (χ0n) is 11.8. The van der Waals surface area contributed by atoms with E-state index in [4.69, 9.17) is 0 Å². The SMILES string of the molecule is c1ccn2cc(CNC3CCN(C4CC4)CC3)nc2c1. The lowest BCUT2D eigenvalue weighted by molar-refractivity contribution is 0.189. The van der Waals surface area contributed by atoms with Gasteiger partial charge in [0.2, 0.25) is 0 Å². The topological polar surface area (TPSA) is 32.6 Å². The molecule has 1 N–H and O–H groups in total. The van der Waals surface area contributed by atoms with Gasteiger partial charge in [-0.3, -0.25) is 0 Å². The maximum Gasteiger partial charge on any atom is 0.137 e. The van der Waals surface area contributed by atoms with Crippen LogP contribution in [-0.4, -0.2) is 39.5 Å². The number of piperidine rings is 1. The summed E-state index contributed by atoms with van der Waals surface area (Å²) in [6.07, 6.45) is 9.61. The number of nitrogens with one attached hydrogen (secondary N) is 1. The van der Waals surface area contributed by atoms with Crippen molar-refractivity contribution in [2.45, 2.75) is 44.3 Å². The molecule has 0 aromatic carbocycles. The normalized spacial score (nSPS) is 21.6. The predicted octanol–water partition coefficient (Wildman–Crippen LogP) is 2.05. The Labute approximate surface area is 119 Å². The molecule has 0 unspecified atom stereocenters. The van der Waals surface area contributed by atoms with Crippen LogP contribution in [0, 0.1) is 0 Å². The Kier molecular flexibility index (Phi) is 3.20. The second-order valence-corrected chi connectivity index (χ2v) is 6.12. The average molecular weight is 270 g/mol. The van der Waals surface area contributed by atoms with E-state index >= 15 is 0 Å². The summed E-state index contributed by atoms with van der Waals surface area (Å²) in [5.41, 5.74) is 2.17. The van der Waals surface area contributed by atoms with Crippen molar-refractivity contribution in [1.29, 1.82) is 0 Å². The molecule has 0 atom stereocenters. The first-order valence-electron chi connectivity index (χ1n) is 7.78. The Morgan fingerprint density at radius 2 is 2.00 bits per heavy atom. The van der Waals surface area contributed by atoms with E-state index in [0.717, 1.165) is 23.9 Å². The van der Waals surface area contributed by atoms with Crippen molar-refractivity contribution in [2.24, 2.45) is 0 Å². The van der Waals surface area contributed by atoms with Gasteiger partial charge in [0, 0.05) is 31.0 Å². The largest absolute Gasteiger partial charge is 0.308 e. The van der Waals surface area contributed by atoms with E-state index in [1.807, 2.05) is 12.1 Å². The highest BCUT2D eigenvalue weighted by Crippen LogP contribution is 2.29. The van der Waals surface area contributed by atoms with Gasteiger partial charge in [-0.1, -0.05) is 6.07 Å². The fourth-order valence-electron chi connectivity index (χ4n) is 3.23. The number of fused-ring (bicyclic) bond motifs is 1. The number of nitrogens with zero attached hydrogens (tertiary/aromatic N) is 3. The van der Waals surface area contributed by atoms with Crippen molar-refractivity contribution < 1.29 is 0 Å². The molecule has 2 fully saturated rings. The third kappa shape index (κ3) is 2.58. The van der Waals surface area contributed by atoms with Gasteiger partial charge in [0.15, 0.2) is 0 Å². The van der Waals surface area contributed by atoms with Crippen LogP contribution in [0.3, 0.4) is 0 Å². The Bertz CT molecular complexity index is 546. The molecule has 3 heterocycles. The van der Waals surface area contributed by atoms with Crippen LogP contribution >= 0.6 is 0 Å². The summed E-state index contributed by atoms with van der Waals surface area (Å²) in [5.74, 6) is 0. The smallest absolute Gasteiger partial charge is 0.137 e. The Morgan fingerprint density at radius 3 is 2.75 bits per heavy atom. The first kappa shape index (κ1) is 12.4. The van der Waals surface area contributed by atoms with Gasteiger partial charge in [-0.2, -0.15) is 0 Å². The van der Waals surface area contributed by atoms with E-state index < -0.39 is 0 Å². The molecule has 4 rings (SSSR count). The van der Waals surface area contributed by atoms with E-state index in [1.54, 1.807) is 0 Å². The van der Waals surface area contributed by atoms with Crippen LogP contribution in [0.4, 0.5) is 0 Å². The molecule has 0 bridgehead atoms. The Balaban J connectivity index is 1.31. The van der Waals surface area contributed by atoms with Crippen LogP contribution < -0.4 is 5.32 Å². The molecule has 2 aromatic rings. The monoisotopic (exact) mass is 270 g/mol. The van der Waals surface area contributed by atoms with Gasteiger partial charge in [0.05, 0.1) is 5.69 Å². The summed E-state index contributed by atoms with van der Waals surface area (Å²) in [7, 11) is 0. The van der Waals surface area contributed by atoms with Gasteiger partial charge >= 0.3 is 0 Å². The lowest BCUT2D eigenvalue weighted by Crippen LogP contribution is -2.43. The second kappa shape index (κ2) is 5.19. The first-order valence-corrected chi connectivity index (χ1v) is 7.78. The van der Waals surface area contributed by atoms with Crippen LogP contribution in [0.15, 0.2) is 30.6 Å². The van der Waals surface area contributed by atoms with Gasteiger partial charge in [-0.15, -0.1) is 0 Å². The lowest BCUT2D eigenvalue weighted by atomic mass is 10.0. The molecular formula is C16H22N4. The predicted molar refractivity (Wildman–Crippen MR) is 79.6 cm³/mol. The summed E-state index contributed by atoms with van der Waals surface area (Å²) in [6.45, 7) is 3.43. The van der Waals surface area contributed by atoms with E-state index in [2.05, 4.69) is 38.1 Å². The van der Waals surface area contributed by atoms with E-state index in [9.17, 15) is 0 Å². The fraction of sp³-hybridized carbons (Fsp3) is 0.562. The van der Waals surface area contributed by atoms with Crippen molar-refractivity contribution in [3.8, 4) is 0 Å². The number of aromatic nitrogens is 2. The zero-order chi connectivity index (χ0) is 13.4. The molecular weight excluding hydrogens is 248 g/mol. The standard InChI is InChI=1S/C16H22N4/c1-2-8-20-12-14(18-16(20)3-1)11-17-13-6-9-19(10-7-13)15-4-5-15/h1-3,8,12-13,15,17H,4-7,9-11H2. The Hall–Kier alpha value is -1.39. The molecule has 4 nitrogen and oxygen atoms in total. The molecule has 2 aromatic heterocycles. The number of pyridine rings is 1. The van der Waals surface area contributed by atoms with Crippen LogP contribution in [0.1, 0.15) is 31.4 Å². The minimum absolute atomic E-state index is 0.662. The van der Waals surface area contributed by atoms with Crippen molar-refractivity contribution >= 4 is 5.65 Å². The lowest BCUT2D eigenvalue weighted by Gasteiger charge is -2.32. The molecule has 2 aliphatic rings. The number of imidazole rings is 1. The third-order valence-electron chi connectivity index (χ3n) is 4.58. The van der Waals surface area contributed by atoms with E-state index in [0.29, 0.717) is 6.04 Å². The third-order valence-corrected chi connectivity index (χ3v) is 4.58. The molecule has 1 saturated carbocycles. The van der Waals surface area contributed by atoms with E-state index in [1.165, 1.54) is 38.8 Å². The minimum Gasteiger partial charge on any atom is -0.308 e. The number of hydrogen-bond acceptors (Lipinski definition) is 3. The van der Waals surface area contributed by atoms with Gasteiger partial charge in [-0.05, 0) is 50.9 Å². The average Bonchev–Trinajstić information content (AvgIpc) is 3.25. The summed E-state index contributed by atoms with van der Waals surface area (Å²) in [5, 5.41) is 3.68. The fourth-order valence-corrected chi connectivity index (χ4v) is 3.23. The summed E-state index contributed by atoms with van der Waals surface area (Å²) in [4.78, 5) is 7.31. The molecule has 4 heteroatoms. The molecule has 1 saturated heterocycles. The Morgan fingerprint density at radius 1 is 1.15 bits per heavy atom. The van der Waals surface area contributed by atoms with Gasteiger partial charge in [-0.25, -0.2) is 4.98 Å². The maximum atomic E-state index is 4.64. The highest BCUT2D eigenvalue weighted by Gasteiger charge is 2.31. The minimum atomic E-state index is 0.662. The molecule has 0 radical (unpaired) electrons. The van der Waals surface area contributed by atoms with Gasteiger partial charge < -0.3 is 14.6 Å². The zero-order valence-corrected chi connectivity index (χ0v) is 11.8. The molecule has 0 amide bonds. The quantitative estimate of drug-likeness (QED) is 0.923. The highest BCUT2D eigenvalue weighted by molar-refractivity contribution is 5.39. The van der Waals surface area contributed by atoms with Crippen molar-refractivity contribution in [1.82, 2.24) is 19.6 Å². The molecule has 20 heavy (non-hydrogen) atoms.